The van der Waals surface area contributed by atoms with Crippen molar-refractivity contribution in [2.75, 3.05) is 11.9 Å². The molecule has 0 saturated heterocycles. The number of anilines is 1. The molecule has 1 heterocycles. The minimum Gasteiger partial charge on any atom is -0.359 e. The van der Waals surface area contributed by atoms with Crippen LogP contribution in [0.5, 0.6) is 0 Å². The number of aryl methyl sites for hydroxylation is 2. The van der Waals surface area contributed by atoms with Crippen LogP contribution in [0.15, 0.2) is 28.8 Å². The van der Waals surface area contributed by atoms with E-state index < -0.39 is 0 Å². The van der Waals surface area contributed by atoms with Gasteiger partial charge in [-0.2, -0.15) is 0 Å². The van der Waals surface area contributed by atoms with Crippen molar-refractivity contribution < 1.29 is 14.1 Å². The number of urea groups is 1. The third-order valence-electron chi connectivity index (χ3n) is 4.21. The van der Waals surface area contributed by atoms with Crippen LogP contribution in [0.25, 0.3) is 0 Å². The Morgan fingerprint density at radius 1 is 1.24 bits per heavy atom. The molecule has 1 aromatic carbocycles. The van der Waals surface area contributed by atoms with Gasteiger partial charge in [0.25, 0.3) is 5.91 Å². The fourth-order valence-corrected chi connectivity index (χ4v) is 2.63. The number of aromatic nitrogens is 1. The van der Waals surface area contributed by atoms with Crippen molar-refractivity contribution in [1.82, 2.24) is 15.8 Å². The monoisotopic (exact) mass is 342 g/mol. The molecule has 0 aliphatic heterocycles. The zero-order valence-electron chi connectivity index (χ0n) is 14.6. The van der Waals surface area contributed by atoms with Crippen LogP contribution in [0, 0.1) is 13.8 Å². The molecule has 0 spiro atoms. The highest BCUT2D eigenvalue weighted by atomic mass is 16.5. The van der Waals surface area contributed by atoms with Gasteiger partial charge in [-0.25, -0.2) is 4.79 Å². The first-order valence-electron chi connectivity index (χ1n) is 8.30. The Hall–Kier alpha value is -2.83. The van der Waals surface area contributed by atoms with Crippen molar-refractivity contribution in [1.29, 1.82) is 0 Å². The van der Waals surface area contributed by atoms with Gasteiger partial charge in [-0.3, -0.25) is 9.69 Å². The molecule has 0 radical (unpaired) electrons. The van der Waals surface area contributed by atoms with Gasteiger partial charge in [0.05, 0.1) is 0 Å². The molecule has 132 valence electrons. The number of hydrogen-bond donors (Lipinski definition) is 2. The van der Waals surface area contributed by atoms with Crippen LogP contribution in [0.3, 0.4) is 0 Å². The summed E-state index contributed by atoms with van der Waals surface area (Å²) in [6.45, 7) is 3.93. The summed E-state index contributed by atoms with van der Waals surface area (Å²) in [5.41, 5.74) is 2.89. The van der Waals surface area contributed by atoms with E-state index in [1.807, 2.05) is 12.1 Å². The number of amides is 3. The normalized spacial score (nSPS) is 13.4. The number of benzene rings is 1. The van der Waals surface area contributed by atoms with Crippen molar-refractivity contribution in [2.24, 2.45) is 0 Å². The molecule has 7 nitrogen and oxygen atoms in total. The molecular formula is C18H22N4O3. The fraction of sp³-hybridized carbons (Fsp3) is 0.389. The molecule has 1 aromatic heterocycles. The average molecular weight is 342 g/mol. The SMILES string of the molecule is Cc1noc(C)c1N(C)C(=O)NCc1ccc(C(=O)NC2CC2)cc1. The second kappa shape index (κ2) is 6.96. The Kier molecular flexibility index (Phi) is 4.74. The Morgan fingerprint density at radius 2 is 1.92 bits per heavy atom. The van der Waals surface area contributed by atoms with Gasteiger partial charge >= 0.3 is 6.03 Å². The topological polar surface area (TPSA) is 87.5 Å². The summed E-state index contributed by atoms with van der Waals surface area (Å²) < 4.78 is 5.09. The van der Waals surface area contributed by atoms with Gasteiger partial charge in [0, 0.05) is 25.2 Å². The first-order valence-corrected chi connectivity index (χ1v) is 8.30. The molecule has 0 unspecified atom stereocenters. The maximum atomic E-state index is 12.3. The predicted molar refractivity (Wildman–Crippen MR) is 93.5 cm³/mol. The van der Waals surface area contributed by atoms with E-state index in [0.29, 0.717) is 35.3 Å². The molecule has 1 fully saturated rings. The molecule has 3 amide bonds. The minimum atomic E-state index is -0.245. The summed E-state index contributed by atoms with van der Waals surface area (Å²) >= 11 is 0. The first kappa shape index (κ1) is 17.0. The third kappa shape index (κ3) is 3.99. The summed E-state index contributed by atoms with van der Waals surface area (Å²) in [6, 6.07) is 7.33. The van der Waals surface area contributed by atoms with Gasteiger partial charge in [0.1, 0.15) is 11.4 Å². The van der Waals surface area contributed by atoms with Crippen molar-refractivity contribution in [3.05, 3.63) is 46.8 Å². The summed E-state index contributed by atoms with van der Waals surface area (Å²) in [7, 11) is 1.67. The van der Waals surface area contributed by atoms with Crippen LogP contribution in [-0.4, -0.2) is 30.2 Å². The minimum absolute atomic E-state index is 0.0452. The molecule has 3 rings (SSSR count). The van der Waals surface area contributed by atoms with E-state index in [0.717, 1.165) is 18.4 Å². The number of nitrogens with zero attached hydrogens (tertiary/aromatic N) is 2. The van der Waals surface area contributed by atoms with E-state index in [9.17, 15) is 9.59 Å². The van der Waals surface area contributed by atoms with Gasteiger partial charge in [-0.05, 0) is 44.4 Å². The van der Waals surface area contributed by atoms with Crippen LogP contribution < -0.4 is 15.5 Å². The maximum absolute atomic E-state index is 12.3. The number of nitrogens with one attached hydrogen (secondary N) is 2. The Bertz CT molecular complexity index is 759. The van der Waals surface area contributed by atoms with Gasteiger partial charge in [0.2, 0.25) is 0 Å². The van der Waals surface area contributed by atoms with Gasteiger partial charge in [-0.1, -0.05) is 17.3 Å². The second-order valence-corrected chi connectivity index (χ2v) is 6.34. The zero-order chi connectivity index (χ0) is 18.0. The summed E-state index contributed by atoms with van der Waals surface area (Å²) in [5, 5.41) is 9.65. The maximum Gasteiger partial charge on any atom is 0.322 e. The van der Waals surface area contributed by atoms with E-state index in [1.165, 1.54) is 4.90 Å². The number of hydrogen-bond acceptors (Lipinski definition) is 4. The Balaban J connectivity index is 1.55. The van der Waals surface area contributed by atoms with E-state index in [4.69, 9.17) is 4.52 Å². The van der Waals surface area contributed by atoms with Gasteiger partial charge < -0.3 is 15.2 Å². The van der Waals surface area contributed by atoms with Crippen LogP contribution in [-0.2, 0) is 6.54 Å². The lowest BCUT2D eigenvalue weighted by Gasteiger charge is -2.17. The van der Waals surface area contributed by atoms with Gasteiger partial charge in [0.15, 0.2) is 5.76 Å². The lowest BCUT2D eigenvalue weighted by atomic mass is 10.1. The highest BCUT2D eigenvalue weighted by Gasteiger charge is 2.23. The molecule has 1 aliphatic carbocycles. The quantitative estimate of drug-likeness (QED) is 0.874. The first-order chi connectivity index (χ1) is 12.0. The predicted octanol–water partition coefficient (Wildman–Crippen LogP) is 2.53. The fourth-order valence-electron chi connectivity index (χ4n) is 2.63. The highest BCUT2D eigenvalue weighted by Crippen LogP contribution is 2.23. The Labute approximate surface area is 146 Å². The smallest absolute Gasteiger partial charge is 0.322 e. The number of carbonyl (C=O) groups excluding carboxylic acids is 2. The zero-order valence-corrected chi connectivity index (χ0v) is 14.6. The van der Waals surface area contributed by atoms with Crippen LogP contribution in [0.4, 0.5) is 10.5 Å². The lowest BCUT2D eigenvalue weighted by Crippen LogP contribution is -2.37. The molecule has 25 heavy (non-hydrogen) atoms. The molecule has 1 aliphatic rings. The van der Waals surface area contributed by atoms with Crippen LogP contribution in [0.1, 0.15) is 40.2 Å². The summed E-state index contributed by atoms with van der Waals surface area (Å²) in [5.74, 6) is 0.553. The number of rotatable bonds is 5. The van der Waals surface area contributed by atoms with Crippen molar-refractivity contribution >= 4 is 17.6 Å². The van der Waals surface area contributed by atoms with Crippen molar-refractivity contribution in [3.8, 4) is 0 Å². The summed E-state index contributed by atoms with van der Waals surface area (Å²) in [4.78, 5) is 25.7. The van der Waals surface area contributed by atoms with E-state index >= 15 is 0 Å². The van der Waals surface area contributed by atoms with Crippen molar-refractivity contribution in [2.45, 2.75) is 39.3 Å². The molecular weight excluding hydrogens is 320 g/mol. The molecule has 2 aromatic rings. The molecule has 1 saturated carbocycles. The lowest BCUT2D eigenvalue weighted by molar-refractivity contribution is 0.0951. The van der Waals surface area contributed by atoms with E-state index in [1.54, 1.807) is 33.0 Å². The summed E-state index contributed by atoms with van der Waals surface area (Å²) in [6.07, 6.45) is 2.13. The Morgan fingerprint density at radius 3 is 2.48 bits per heavy atom. The molecule has 2 N–H and O–H groups in total. The van der Waals surface area contributed by atoms with E-state index in [-0.39, 0.29) is 11.9 Å². The average Bonchev–Trinajstić information content (AvgIpc) is 3.35. The van der Waals surface area contributed by atoms with E-state index in [2.05, 4.69) is 15.8 Å². The molecule has 7 heteroatoms. The van der Waals surface area contributed by atoms with Gasteiger partial charge in [-0.15, -0.1) is 0 Å². The second-order valence-electron chi connectivity index (χ2n) is 6.34. The van der Waals surface area contributed by atoms with Crippen LogP contribution >= 0.6 is 0 Å². The third-order valence-corrected chi connectivity index (χ3v) is 4.21. The van der Waals surface area contributed by atoms with Crippen LogP contribution in [0.2, 0.25) is 0 Å². The highest BCUT2D eigenvalue weighted by molar-refractivity contribution is 5.94. The number of carbonyl (C=O) groups is 2. The largest absolute Gasteiger partial charge is 0.359 e. The molecule has 0 bridgehead atoms. The van der Waals surface area contributed by atoms with Crippen molar-refractivity contribution in [3.63, 3.8) is 0 Å². The standard InChI is InChI=1S/C18H22N4O3/c1-11-16(12(2)25-21-11)22(3)18(24)19-10-13-4-6-14(7-5-13)17(23)20-15-8-9-15/h4-7,15H,8-10H2,1-3H3,(H,19,24)(H,20,23). The molecule has 0 atom stereocenters.